The van der Waals surface area contributed by atoms with Gasteiger partial charge in [0.15, 0.2) is 0 Å². The van der Waals surface area contributed by atoms with Crippen LogP contribution in [-0.4, -0.2) is 29.0 Å². The van der Waals surface area contributed by atoms with Crippen molar-refractivity contribution in [1.29, 1.82) is 0 Å². The van der Waals surface area contributed by atoms with E-state index < -0.39 is 0 Å². The maximum Gasteiger partial charge on any atom is 0.263 e. The van der Waals surface area contributed by atoms with Gasteiger partial charge in [0.1, 0.15) is 21.2 Å². The van der Waals surface area contributed by atoms with Gasteiger partial charge in [-0.3, -0.25) is 9.78 Å². The van der Waals surface area contributed by atoms with E-state index >= 15 is 0 Å². The molecular weight excluding hydrogens is 382 g/mol. The zero-order valence-corrected chi connectivity index (χ0v) is 16.9. The van der Waals surface area contributed by atoms with Crippen molar-refractivity contribution in [2.45, 2.75) is 13.3 Å². The molecule has 1 N–H and O–H groups in total. The number of aromatic nitrogens is 2. The molecule has 2 heterocycles. The fraction of sp³-hybridized carbons (Fsp3) is 0.174. The fourth-order valence-corrected chi connectivity index (χ4v) is 4.03. The standard InChI is InChI=1S/C23H21N3O2S/c1-16-21(29-23(26-16)18-8-3-2-4-9-18)22(27)25-14-7-15-28-19-12-5-10-17-11-6-13-24-20(17)19/h2-6,8-13H,7,14-15H2,1H3,(H,25,27). The largest absolute Gasteiger partial charge is 0.491 e. The molecule has 0 saturated heterocycles. The molecule has 4 aromatic rings. The Morgan fingerprint density at radius 2 is 1.90 bits per heavy atom. The third kappa shape index (κ3) is 4.43. The number of carbonyl (C=O) groups excluding carboxylic acids is 1. The van der Waals surface area contributed by atoms with E-state index in [0.717, 1.165) is 32.9 Å². The number of fused-ring (bicyclic) bond motifs is 1. The van der Waals surface area contributed by atoms with Gasteiger partial charge in [-0.15, -0.1) is 11.3 Å². The topological polar surface area (TPSA) is 64.1 Å². The Labute approximate surface area is 173 Å². The normalized spacial score (nSPS) is 10.8. The number of rotatable bonds is 7. The lowest BCUT2D eigenvalue weighted by atomic mass is 10.2. The second-order valence-electron chi connectivity index (χ2n) is 6.59. The SMILES string of the molecule is Cc1nc(-c2ccccc2)sc1C(=O)NCCCOc1cccc2cccnc12. The quantitative estimate of drug-likeness (QED) is 0.447. The van der Waals surface area contributed by atoms with Gasteiger partial charge in [-0.2, -0.15) is 0 Å². The predicted octanol–water partition coefficient (Wildman–Crippen LogP) is 4.87. The monoisotopic (exact) mass is 403 g/mol. The molecule has 29 heavy (non-hydrogen) atoms. The van der Waals surface area contributed by atoms with Crippen molar-refractivity contribution in [3.8, 4) is 16.3 Å². The zero-order valence-electron chi connectivity index (χ0n) is 16.1. The van der Waals surface area contributed by atoms with Crippen molar-refractivity contribution in [2.24, 2.45) is 0 Å². The van der Waals surface area contributed by atoms with Crippen molar-refractivity contribution in [1.82, 2.24) is 15.3 Å². The average Bonchev–Trinajstić information content (AvgIpc) is 3.16. The summed E-state index contributed by atoms with van der Waals surface area (Å²) in [6.45, 7) is 2.91. The van der Waals surface area contributed by atoms with E-state index in [2.05, 4.69) is 15.3 Å². The fourth-order valence-electron chi connectivity index (χ4n) is 3.04. The molecule has 2 aromatic heterocycles. The van der Waals surface area contributed by atoms with Gasteiger partial charge in [0.25, 0.3) is 5.91 Å². The van der Waals surface area contributed by atoms with Crippen molar-refractivity contribution in [2.75, 3.05) is 13.2 Å². The minimum atomic E-state index is -0.0889. The Bertz CT molecular complexity index is 1120. The van der Waals surface area contributed by atoms with Crippen LogP contribution in [0, 0.1) is 6.92 Å². The Hall–Kier alpha value is -3.25. The summed E-state index contributed by atoms with van der Waals surface area (Å²) < 4.78 is 5.87. The summed E-state index contributed by atoms with van der Waals surface area (Å²) in [6.07, 6.45) is 2.47. The number of amides is 1. The minimum Gasteiger partial charge on any atom is -0.491 e. The molecule has 0 unspecified atom stereocenters. The van der Waals surface area contributed by atoms with Crippen LogP contribution in [0.2, 0.25) is 0 Å². The van der Waals surface area contributed by atoms with Crippen LogP contribution in [0.3, 0.4) is 0 Å². The third-order valence-electron chi connectivity index (χ3n) is 4.48. The van der Waals surface area contributed by atoms with Gasteiger partial charge in [0.05, 0.1) is 12.3 Å². The van der Waals surface area contributed by atoms with Crippen molar-refractivity contribution >= 4 is 28.1 Å². The molecule has 146 valence electrons. The second-order valence-corrected chi connectivity index (χ2v) is 7.59. The van der Waals surface area contributed by atoms with Crippen LogP contribution in [0.25, 0.3) is 21.5 Å². The lowest BCUT2D eigenvalue weighted by Crippen LogP contribution is -2.25. The van der Waals surface area contributed by atoms with Gasteiger partial charge in [0, 0.05) is 23.7 Å². The van der Waals surface area contributed by atoms with Crippen molar-refractivity contribution in [3.05, 3.63) is 77.4 Å². The highest BCUT2D eigenvalue weighted by Gasteiger charge is 2.15. The van der Waals surface area contributed by atoms with Crippen molar-refractivity contribution in [3.63, 3.8) is 0 Å². The summed E-state index contributed by atoms with van der Waals surface area (Å²) in [5, 5.41) is 4.87. The lowest BCUT2D eigenvalue weighted by molar-refractivity contribution is 0.0955. The molecule has 1 amide bonds. The highest BCUT2D eigenvalue weighted by atomic mass is 32.1. The zero-order chi connectivity index (χ0) is 20.1. The molecule has 0 spiro atoms. The molecule has 0 atom stereocenters. The number of hydrogen-bond donors (Lipinski definition) is 1. The van der Waals surface area contributed by atoms with Gasteiger partial charge >= 0.3 is 0 Å². The highest BCUT2D eigenvalue weighted by molar-refractivity contribution is 7.17. The molecule has 6 heteroatoms. The molecule has 4 rings (SSSR count). The maximum atomic E-state index is 12.5. The van der Waals surface area contributed by atoms with Gasteiger partial charge in [-0.25, -0.2) is 4.98 Å². The molecule has 0 radical (unpaired) electrons. The lowest BCUT2D eigenvalue weighted by Gasteiger charge is -2.09. The number of thiazole rings is 1. The summed E-state index contributed by atoms with van der Waals surface area (Å²) in [6, 6.07) is 19.7. The summed E-state index contributed by atoms with van der Waals surface area (Å²) in [5.74, 6) is 0.675. The van der Waals surface area contributed by atoms with Gasteiger partial charge in [0.2, 0.25) is 0 Å². The first kappa shape index (κ1) is 19.1. The molecule has 0 bridgehead atoms. The number of pyridine rings is 1. The van der Waals surface area contributed by atoms with E-state index in [-0.39, 0.29) is 5.91 Å². The van der Waals surface area contributed by atoms with E-state index in [4.69, 9.17) is 4.74 Å². The molecule has 0 fully saturated rings. The Morgan fingerprint density at radius 3 is 2.76 bits per heavy atom. The second kappa shape index (κ2) is 8.84. The molecule has 0 aliphatic carbocycles. The number of benzene rings is 2. The average molecular weight is 404 g/mol. The first-order valence-corrected chi connectivity index (χ1v) is 10.3. The van der Waals surface area contributed by atoms with Crippen molar-refractivity contribution < 1.29 is 9.53 Å². The molecule has 2 aromatic carbocycles. The first-order valence-electron chi connectivity index (χ1n) is 9.50. The van der Waals surface area contributed by atoms with E-state index in [1.54, 1.807) is 6.20 Å². The summed E-state index contributed by atoms with van der Waals surface area (Å²) in [4.78, 5) is 22.1. The number of aryl methyl sites for hydroxylation is 1. The number of ether oxygens (including phenoxy) is 1. The molecule has 0 saturated carbocycles. The van der Waals surface area contributed by atoms with Gasteiger partial charge < -0.3 is 10.1 Å². The molecule has 0 aliphatic rings. The minimum absolute atomic E-state index is 0.0889. The number of nitrogens with one attached hydrogen (secondary N) is 1. The molecule has 0 aliphatic heterocycles. The van der Waals surface area contributed by atoms with Crippen LogP contribution < -0.4 is 10.1 Å². The van der Waals surface area contributed by atoms with Crippen LogP contribution in [0.15, 0.2) is 66.9 Å². The third-order valence-corrected chi connectivity index (χ3v) is 5.69. The predicted molar refractivity (Wildman–Crippen MR) is 116 cm³/mol. The van der Waals surface area contributed by atoms with Crippen LogP contribution in [0.4, 0.5) is 0 Å². The highest BCUT2D eigenvalue weighted by Crippen LogP contribution is 2.27. The molecule has 5 nitrogen and oxygen atoms in total. The number of para-hydroxylation sites is 1. The van der Waals surface area contributed by atoms with Crippen LogP contribution >= 0.6 is 11.3 Å². The van der Waals surface area contributed by atoms with Gasteiger partial charge in [-0.1, -0.05) is 48.5 Å². The number of nitrogens with zero attached hydrogens (tertiary/aromatic N) is 2. The number of hydrogen-bond acceptors (Lipinski definition) is 5. The Morgan fingerprint density at radius 1 is 1.07 bits per heavy atom. The Balaban J connectivity index is 1.30. The first-order chi connectivity index (χ1) is 14.2. The number of carbonyl (C=O) groups is 1. The maximum absolute atomic E-state index is 12.5. The van der Waals surface area contributed by atoms with Crippen LogP contribution in [0.5, 0.6) is 5.75 Å². The molecular formula is C23H21N3O2S. The van der Waals surface area contributed by atoms with E-state index in [9.17, 15) is 4.79 Å². The Kier molecular flexibility index (Phi) is 5.81. The van der Waals surface area contributed by atoms with E-state index in [0.29, 0.717) is 24.4 Å². The van der Waals surface area contributed by atoms with Gasteiger partial charge in [-0.05, 0) is 25.5 Å². The smallest absolute Gasteiger partial charge is 0.263 e. The van der Waals surface area contributed by atoms with E-state index in [1.807, 2.05) is 67.6 Å². The summed E-state index contributed by atoms with van der Waals surface area (Å²) >= 11 is 1.42. The summed E-state index contributed by atoms with van der Waals surface area (Å²) in [7, 11) is 0. The van der Waals surface area contributed by atoms with Crippen LogP contribution in [0.1, 0.15) is 21.8 Å². The van der Waals surface area contributed by atoms with E-state index in [1.165, 1.54) is 11.3 Å². The summed E-state index contributed by atoms with van der Waals surface area (Å²) in [5.41, 5.74) is 2.63. The van der Waals surface area contributed by atoms with Crippen LogP contribution in [-0.2, 0) is 0 Å².